The Morgan fingerprint density at radius 1 is 1.50 bits per heavy atom. The highest BCUT2D eigenvalue weighted by Crippen LogP contribution is 2.23. The summed E-state index contributed by atoms with van der Waals surface area (Å²) >= 11 is 0. The van der Waals surface area contributed by atoms with Crippen LogP contribution in [0.5, 0.6) is 0 Å². The van der Waals surface area contributed by atoms with Crippen LogP contribution in [-0.4, -0.2) is 25.3 Å². The van der Waals surface area contributed by atoms with Gasteiger partial charge >= 0.3 is 0 Å². The third-order valence-corrected chi connectivity index (χ3v) is 2.35. The van der Waals surface area contributed by atoms with Crippen molar-refractivity contribution in [2.75, 3.05) is 19.7 Å². The second-order valence-corrected chi connectivity index (χ2v) is 4.43. The third kappa shape index (κ3) is 3.11. The summed E-state index contributed by atoms with van der Waals surface area (Å²) in [5.41, 5.74) is 0.120. The van der Waals surface area contributed by atoms with Gasteiger partial charge in [-0.1, -0.05) is 13.8 Å². The quantitative estimate of drug-likeness (QED) is 0.696. The highest BCUT2D eigenvalue weighted by atomic mass is 16.5. The molecule has 0 aliphatic carbocycles. The maximum Gasteiger partial charge on any atom is 0.0779 e. The SMILES string of the molecule is CC(C)CNCC1(C)CCCO1. The van der Waals surface area contributed by atoms with Gasteiger partial charge in [0.25, 0.3) is 0 Å². The minimum absolute atomic E-state index is 0.120. The maximum absolute atomic E-state index is 5.66. The van der Waals surface area contributed by atoms with Gasteiger partial charge in [0.2, 0.25) is 0 Å². The van der Waals surface area contributed by atoms with Gasteiger partial charge in [-0.05, 0) is 32.2 Å². The van der Waals surface area contributed by atoms with E-state index in [9.17, 15) is 0 Å². The van der Waals surface area contributed by atoms with Crippen LogP contribution in [0.15, 0.2) is 0 Å². The van der Waals surface area contributed by atoms with E-state index >= 15 is 0 Å². The van der Waals surface area contributed by atoms with Crippen LogP contribution < -0.4 is 5.32 Å². The van der Waals surface area contributed by atoms with Crippen LogP contribution >= 0.6 is 0 Å². The number of nitrogens with one attached hydrogen (secondary N) is 1. The van der Waals surface area contributed by atoms with Gasteiger partial charge in [-0.2, -0.15) is 0 Å². The zero-order valence-electron chi connectivity index (χ0n) is 8.52. The van der Waals surface area contributed by atoms with Gasteiger partial charge in [-0.3, -0.25) is 0 Å². The summed E-state index contributed by atoms with van der Waals surface area (Å²) < 4.78 is 5.66. The Labute approximate surface area is 75.7 Å². The lowest BCUT2D eigenvalue weighted by molar-refractivity contribution is 0.0205. The highest BCUT2D eigenvalue weighted by Gasteiger charge is 2.28. The van der Waals surface area contributed by atoms with E-state index in [4.69, 9.17) is 4.74 Å². The molecule has 0 radical (unpaired) electrons. The van der Waals surface area contributed by atoms with Crippen LogP contribution in [0.2, 0.25) is 0 Å². The Hall–Kier alpha value is -0.0800. The fourth-order valence-electron chi connectivity index (χ4n) is 1.60. The van der Waals surface area contributed by atoms with Crippen LogP contribution in [0.25, 0.3) is 0 Å². The molecule has 1 aliphatic heterocycles. The molecule has 0 spiro atoms. The lowest BCUT2D eigenvalue weighted by Crippen LogP contribution is -2.38. The van der Waals surface area contributed by atoms with E-state index in [1.54, 1.807) is 0 Å². The van der Waals surface area contributed by atoms with Crippen molar-refractivity contribution in [1.29, 1.82) is 0 Å². The average molecular weight is 171 g/mol. The molecular formula is C10H21NO. The first kappa shape index (κ1) is 10.0. The van der Waals surface area contributed by atoms with Crippen LogP contribution in [0.3, 0.4) is 0 Å². The van der Waals surface area contributed by atoms with Crippen molar-refractivity contribution in [3.63, 3.8) is 0 Å². The van der Waals surface area contributed by atoms with Gasteiger partial charge < -0.3 is 10.1 Å². The zero-order chi connectivity index (χ0) is 9.03. The Kier molecular flexibility index (Phi) is 3.53. The molecule has 2 heteroatoms. The molecule has 12 heavy (non-hydrogen) atoms. The van der Waals surface area contributed by atoms with E-state index in [0.717, 1.165) is 25.6 Å². The molecule has 0 aromatic heterocycles. The molecule has 0 bridgehead atoms. The monoisotopic (exact) mass is 171 g/mol. The Balaban J connectivity index is 2.13. The summed E-state index contributed by atoms with van der Waals surface area (Å²) in [6, 6.07) is 0. The van der Waals surface area contributed by atoms with Gasteiger partial charge in [0.1, 0.15) is 0 Å². The first-order valence-electron chi connectivity index (χ1n) is 4.97. The molecular weight excluding hydrogens is 150 g/mol. The van der Waals surface area contributed by atoms with Gasteiger partial charge in [0.05, 0.1) is 5.60 Å². The van der Waals surface area contributed by atoms with Crippen LogP contribution in [-0.2, 0) is 4.74 Å². The molecule has 0 saturated carbocycles. The van der Waals surface area contributed by atoms with Crippen molar-refractivity contribution in [2.45, 2.75) is 39.2 Å². The van der Waals surface area contributed by atoms with Crippen molar-refractivity contribution in [3.05, 3.63) is 0 Å². The topological polar surface area (TPSA) is 21.3 Å². The Morgan fingerprint density at radius 3 is 2.75 bits per heavy atom. The maximum atomic E-state index is 5.66. The number of rotatable bonds is 4. The molecule has 1 unspecified atom stereocenters. The van der Waals surface area contributed by atoms with E-state index < -0.39 is 0 Å². The van der Waals surface area contributed by atoms with E-state index in [-0.39, 0.29) is 5.60 Å². The predicted octanol–water partition coefficient (Wildman–Crippen LogP) is 1.80. The molecule has 1 atom stereocenters. The standard InChI is InChI=1S/C10H21NO/c1-9(2)7-11-8-10(3)5-4-6-12-10/h9,11H,4-8H2,1-3H3. The molecule has 0 amide bonds. The normalized spacial score (nSPS) is 30.0. The minimum atomic E-state index is 0.120. The molecule has 2 nitrogen and oxygen atoms in total. The summed E-state index contributed by atoms with van der Waals surface area (Å²) in [6.45, 7) is 9.70. The van der Waals surface area contributed by atoms with Crippen molar-refractivity contribution in [2.24, 2.45) is 5.92 Å². The van der Waals surface area contributed by atoms with E-state index in [1.165, 1.54) is 12.8 Å². The fraction of sp³-hybridized carbons (Fsp3) is 1.00. The first-order valence-corrected chi connectivity index (χ1v) is 4.97. The van der Waals surface area contributed by atoms with Gasteiger partial charge in [0.15, 0.2) is 0 Å². The predicted molar refractivity (Wildman–Crippen MR) is 51.3 cm³/mol. The molecule has 1 fully saturated rings. The van der Waals surface area contributed by atoms with Crippen molar-refractivity contribution < 1.29 is 4.74 Å². The molecule has 72 valence electrons. The Bertz CT molecular complexity index is 128. The number of hydrogen-bond acceptors (Lipinski definition) is 2. The number of hydrogen-bond donors (Lipinski definition) is 1. The zero-order valence-corrected chi connectivity index (χ0v) is 8.52. The van der Waals surface area contributed by atoms with Crippen LogP contribution in [0.4, 0.5) is 0 Å². The van der Waals surface area contributed by atoms with Crippen molar-refractivity contribution in [1.82, 2.24) is 5.32 Å². The minimum Gasteiger partial charge on any atom is -0.374 e. The second-order valence-electron chi connectivity index (χ2n) is 4.43. The summed E-state index contributed by atoms with van der Waals surface area (Å²) in [6.07, 6.45) is 2.43. The van der Waals surface area contributed by atoms with Gasteiger partial charge in [-0.15, -0.1) is 0 Å². The molecule has 1 heterocycles. The summed E-state index contributed by atoms with van der Waals surface area (Å²) in [5.74, 6) is 0.731. The second kappa shape index (κ2) is 4.24. The molecule has 0 aromatic carbocycles. The molecule has 1 aliphatic rings. The van der Waals surface area contributed by atoms with E-state index in [2.05, 4.69) is 26.1 Å². The van der Waals surface area contributed by atoms with Gasteiger partial charge in [0, 0.05) is 13.2 Å². The van der Waals surface area contributed by atoms with E-state index in [1.807, 2.05) is 0 Å². The fourth-order valence-corrected chi connectivity index (χ4v) is 1.60. The smallest absolute Gasteiger partial charge is 0.0779 e. The van der Waals surface area contributed by atoms with Gasteiger partial charge in [-0.25, -0.2) is 0 Å². The largest absolute Gasteiger partial charge is 0.374 e. The molecule has 0 aromatic rings. The lowest BCUT2D eigenvalue weighted by atomic mass is 10.0. The van der Waals surface area contributed by atoms with Crippen molar-refractivity contribution in [3.8, 4) is 0 Å². The Morgan fingerprint density at radius 2 is 2.25 bits per heavy atom. The highest BCUT2D eigenvalue weighted by molar-refractivity contribution is 4.82. The average Bonchev–Trinajstić information content (AvgIpc) is 2.35. The van der Waals surface area contributed by atoms with E-state index in [0.29, 0.717) is 0 Å². The third-order valence-electron chi connectivity index (χ3n) is 2.35. The van der Waals surface area contributed by atoms with Crippen LogP contribution in [0, 0.1) is 5.92 Å². The summed E-state index contributed by atoms with van der Waals surface area (Å²) in [7, 11) is 0. The number of ether oxygens (including phenoxy) is 1. The molecule has 1 rings (SSSR count). The van der Waals surface area contributed by atoms with Crippen LogP contribution in [0.1, 0.15) is 33.6 Å². The lowest BCUT2D eigenvalue weighted by Gasteiger charge is -2.24. The first-order chi connectivity index (χ1) is 5.62. The summed E-state index contributed by atoms with van der Waals surface area (Å²) in [4.78, 5) is 0. The molecule has 1 N–H and O–H groups in total. The molecule has 1 saturated heterocycles. The summed E-state index contributed by atoms with van der Waals surface area (Å²) in [5, 5.41) is 3.44. The van der Waals surface area contributed by atoms with Crippen molar-refractivity contribution >= 4 is 0 Å².